The van der Waals surface area contributed by atoms with Crippen molar-refractivity contribution in [2.75, 3.05) is 52.5 Å². The lowest BCUT2D eigenvalue weighted by atomic mass is 9.67. The highest BCUT2D eigenvalue weighted by molar-refractivity contribution is 5.85. The van der Waals surface area contributed by atoms with Crippen LogP contribution in [0, 0.1) is 11.3 Å². The Bertz CT molecular complexity index is 354. The van der Waals surface area contributed by atoms with Gasteiger partial charge < -0.3 is 15.4 Å². The van der Waals surface area contributed by atoms with Crippen LogP contribution in [0.1, 0.15) is 25.7 Å². The molecule has 1 aliphatic carbocycles. The molecule has 2 N–H and O–H groups in total. The van der Waals surface area contributed by atoms with Gasteiger partial charge in [0.05, 0.1) is 18.6 Å². The van der Waals surface area contributed by atoms with Gasteiger partial charge in [-0.1, -0.05) is 12.8 Å². The summed E-state index contributed by atoms with van der Waals surface area (Å²) in [5, 5.41) is 6.64. The summed E-state index contributed by atoms with van der Waals surface area (Å²) >= 11 is 0. The van der Waals surface area contributed by atoms with E-state index < -0.39 is 0 Å². The topological polar surface area (TPSA) is 53.6 Å². The summed E-state index contributed by atoms with van der Waals surface area (Å²) < 4.78 is 5.34. The molecule has 3 fully saturated rings. The minimum atomic E-state index is -0.108. The number of ether oxygens (including phenoxy) is 1. The molecule has 3 aliphatic rings. The number of morpholine rings is 1. The standard InChI is InChI=1S/C15H27N3O2.2ClH/c19-14(17-5-6-18-7-9-20-10-8-18)15-4-2-1-3-13(15)11-16-12-15;;/h13,16H,1-12H2,(H,17,19);2*1H/t13-,15+;;/m0../s1. The molecule has 0 aromatic rings. The van der Waals surface area contributed by atoms with Crippen molar-refractivity contribution in [1.82, 2.24) is 15.5 Å². The minimum absolute atomic E-state index is 0. The van der Waals surface area contributed by atoms with Crippen LogP contribution < -0.4 is 10.6 Å². The lowest BCUT2D eigenvalue weighted by Gasteiger charge is -2.37. The number of hydrogen-bond acceptors (Lipinski definition) is 4. The largest absolute Gasteiger partial charge is 0.379 e. The van der Waals surface area contributed by atoms with Crippen molar-refractivity contribution in [1.29, 1.82) is 0 Å². The van der Waals surface area contributed by atoms with E-state index in [4.69, 9.17) is 4.74 Å². The summed E-state index contributed by atoms with van der Waals surface area (Å²) in [6.45, 7) is 7.25. The fourth-order valence-corrected chi connectivity index (χ4v) is 4.02. The molecule has 5 nitrogen and oxygen atoms in total. The van der Waals surface area contributed by atoms with Crippen molar-refractivity contribution in [2.45, 2.75) is 25.7 Å². The second kappa shape index (κ2) is 9.28. The first-order valence-electron chi connectivity index (χ1n) is 8.10. The average Bonchev–Trinajstić information content (AvgIpc) is 2.93. The van der Waals surface area contributed by atoms with Crippen molar-refractivity contribution in [3.8, 4) is 0 Å². The zero-order valence-electron chi connectivity index (χ0n) is 13.1. The van der Waals surface area contributed by atoms with E-state index in [1.165, 1.54) is 19.3 Å². The van der Waals surface area contributed by atoms with Gasteiger partial charge in [-0.25, -0.2) is 0 Å². The summed E-state index contributed by atoms with van der Waals surface area (Å²) in [7, 11) is 0. The molecule has 7 heteroatoms. The molecule has 2 saturated heterocycles. The summed E-state index contributed by atoms with van der Waals surface area (Å²) in [6.07, 6.45) is 4.77. The van der Waals surface area contributed by atoms with E-state index in [0.717, 1.165) is 58.9 Å². The highest BCUT2D eigenvalue weighted by Crippen LogP contribution is 2.43. The number of hydrogen-bond donors (Lipinski definition) is 2. The van der Waals surface area contributed by atoms with Crippen LogP contribution >= 0.6 is 24.8 Å². The zero-order valence-corrected chi connectivity index (χ0v) is 14.8. The molecule has 2 atom stereocenters. The molecular formula is C15H29Cl2N3O2. The van der Waals surface area contributed by atoms with Gasteiger partial charge in [-0.2, -0.15) is 0 Å². The molecule has 0 radical (unpaired) electrons. The van der Waals surface area contributed by atoms with Crippen LogP contribution in [0.15, 0.2) is 0 Å². The van der Waals surface area contributed by atoms with E-state index in [2.05, 4.69) is 15.5 Å². The van der Waals surface area contributed by atoms with Crippen LogP contribution in [0.25, 0.3) is 0 Å². The van der Waals surface area contributed by atoms with Crippen LogP contribution in [-0.4, -0.2) is 63.3 Å². The number of carbonyl (C=O) groups excluding carboxylic acids is 1. The monoisotopic (exact) mass is 353 g/mol. The molecule has 2 aliphatic heterocycles. The van der Waals surface area contributed by atoms with Crippen molar-refractivity contribution < 1.29 is 9.53 Å². The van der Waals surface area contributed by atoms with Crippen molar-refractivity contribution >= 4 is 30.7 Å². The average molecular weight is 354 g/mol. The lowest BCUT2D eigenvalue weighted by molar-refractivity contribution is -0.134. The molecule has 3 rings (SSSR count). The molecule has 0 spiro atoms. The van der Waals surface area contributed by atoms with Gasteiger partial charge >= 0.3 is 0 Å². The Morgan fingerprint density at radius 3 is 2.82 bits per heavy atom. The highest BCUT2D eigenvalue weighted by atomic mass is 35.5. The number of amides is 1. The van der Waals surface area contributed by atoms with E-state index >= 15 is 0 Å². The fraction of sp³-hybridized carbons (Fsp3) is 0.933. The number of fused-ring (bicyclic) bond motifs is 1. The summed E-state index contributed by atoms with van der Waals surface area (Å²) in [6, 6.07) is 0. The zero-order chi connectivity index (χ0) is 13.8. The van der Waals surface area contributed by atoms with Gasteiger partial charge in [-0.05, 0) is 25.3 Å². The number of nitrogens with one attached hydrogen (secondary N) is 2. The molecule has 0 aromatic heterocycles. The molecule has 0 unspecified atom stereocenters. The normalized spacial score (nSPS) is 31.5. The van der Waals surface area contributed by atoms with E-state index in [1.807, 2.05) is 0 Å². The highest BCUT2D eigenvalue weighted by Gasteiger charge is 2.49. The van der Waals surface area contributed by atoms with Gasteiger partial charge in [0.2, 0.25) is 5.91 Å². The second-order valence-electron chi connectivity index (χ2n) is 6.44. The SMILES string of the molecule is Cl.Cl.O=C(NCCN1CCOCC1)[C@@]12CCCC[C@H]1CNC2. The summed E-state index contributed by atoms with van der Waals surface area (Å²) in [5.74, 6) is 0.847. The molecule has 1 saturated carbocycles. The first kappa shape index (κ1) is 20.0. The first-order chi connectivity index (χ1) is 9.81. The van der Waals surface area contributed by atoms with Crippen molar-refractivity contribution in [3.63, 3.8) is 0 Å². The van der Waals surface area contributed by atoms with Crippen molar-refractivity contribution in [3.05, 3.63) is 0 Å². The van der Waals surface area contributed by atoms with Gasteiger partial charge in [-0.15, -0.1) is 24.8 Å². The summed E-state index contributed by atoms with van der Waals surface area (Å²) in [4.78, 5) is 15.0. The predicted molar refractivity (Wildman–Crippen MR) is 92.0 cm³/mol. The number of carbonyl (C=O) groups is 1. The van der Waals surface area contributed by atoms with Gasteiger partial charge in [0, 0.05) is 32.7 Å². The summed E-state index contributed by atoms with van der Waals surface area (Å²) in [5.41, 5.74) is -0.108. The Morgan fingerprint density at radius 2 is 2.05 bits per heavy atom. The van der Waals surface area contributed by atoms with E-state index in [9.17, 15) is 4.79 Å². The van der Waals surface area contributed by atoms with Gasteiger partial charge in [0.25, 0.3) is 0 Å². The Morgan fingerprint density at radius 1 is 1.27 bits per heavy atom. The third-order valence-electron chi connectivity index (χ3n) is 5.31. The van der Waals surface area contributed by atoms with Crippen LogP contribution in [-0.2, 0) is 9.53 Å². The van der Waals surface area contributed by atoms with E-state index in [0.29, 0.717) is 11.8 Å². The maximum atomic E-state index is 12.6. The Kier molecular flexibility index (Phi) is 8.43. The lowest BCUT2D eigenvalue weighted by Crippen LogP contribution is -2.50. The fourth-order valence-electron chi connectivity index (χ4n) is 4.02. The molecule has 130 valence electrons. The molecule has 22 heavy (non-hydrogen) atoms. The Balaban J connectivity index is 0.00000121. The number of rotatable bonds is 4. The van der Waals surface area contributed by atoms with Crippen molar-refractivity contribution in [2.24, 2.45) is 11.3 Å². The van der Waals surface area contributed by atoms with Crippen LogP contribution in [0.3, 0.4) is 0 Å². The predicted octanol–water partition coefficient (Wildman–Crippen LogP) is 1.06. The second-order valence-corrected chi connectivity index (χ2v) is 6.44. The van der Waals surface area contributed by atoms with E-state index in [1.54, 1.807) is 0 Å². The molecule has 0 aromatic carbocycles. The van der Waals surface area contributed by atoms with Crippen LogP contribution in [0.2, 0.25) is 0 Å². The van der Waals surface area contributed by atoms with Crippen LogP contribution in [0.4, 0.5) is 0 Å². The van der Waals surface area contributed by atoms with E-state index in [-0.39, 0.29) is 30.2 Å². The van der Waals surface area contributed by atoms with Crippen LogP contribution in [0.5, 0.6) is 0 Å². The smallest absolute Gasteiger partial charge is 0.227 e. The Hall–Kier alpha value is -0.0700. The third kappa shape index (κ3) is 4.26. The molecule has 0 bridgehead atoms. The number of nitrogens with zero attached hydrogens (tertiary/aromatic N) is 1. The number of halogens is 2. The quantitative estimate of drug-likeness (QED) is 0.793. The molecule has 1 amide bonds. The minimum Gasteiger partial charge on any atom is -0.379 e. The van der Waals surface area contributed by atoms with Gasteiger partial charge in [-0.3, -0.25) is 9.69 Å². The Labute approximate surface area is 145 Å². The molecular weight excluding hydrogens is 325 g/mol. The first-order valence-corrected chi connectivity index (χ1v) is 8.10. The maximum Gasteiger partial charge on any atom is 0.227 e. The maximum absolute atomic E-state index is 12.6. The van der Waals surface area contributed by atoms with Gasteiger partial charge in [0.15, 0.2) is 0 Å². The third-order valence-corrected chi connectivity index (χ3v) is 5.31. The van der Waals surface area contributed by atoms with Gasteiger partial charge in [0.1, 0.15) is 0 Å². The molecule has 2 heterocycles.